The van der Waals surface area contributed by atoms with Gasteiger partial charge in [0, 0.05) is 10.8 Å². The number of thioether (sulfide) groups is 1. The van der Waals surface area contributed by atoms with Crippen molar-refractivity contribution < 1.29 is 4.42 Å². The lowest BCUT2D eigenvalue weighted by molar-refractivity contribution is 0.476. The summed E-state index contributed by atoms with van der Waals surface area (Å²) in [5, 5.41) is 10.7. The van der Waals surface area contributed by atoms with E-state index in [2.05, 4.69) is 11.1 Å². The summed E-state index contributed by atoms with van der Waals surface area (Å²) in [5.74, 6) is 1.25. The number of halogens is 1. The first-order valence-corrected chi connectivity index (χ1v) is 9.85. The lowest BCUT2D eigenvalue weighted by Crippen LogP contribution is -2.23. The molecule has 0 radical (unpaired) electrons. The zero-order valence-electron chi connectivity index (χ0n) is 14.6. The van der Waals surface area contributed by atoms with Crippen molar-refractivity contribution in [3.05, 3.63) is 93.1 Å². The molecule has 4 aromatic rings. The molecule has 138 valence electrons. The summed E-state index contributed by atoms with van der Waals surface area (Å²) in [5.41, 5.74) is 1.99. The van der Waals surface area contributed by atoms with Gasteiger partial charge in [0.05, 0.1) is 35.3 Å². The van der Waals surface area contributed by atoms with Crippen molar-refractivity contribution >= 4 is 34.3 Å². The fraction of sp³-hybridized carbons (Fsp3) is 0.0952. The third kappa shape index (κ3) is 3.81. The minimum absolute atomic E-state index is 0.147. The van der Waals surface area contributed by atoms with Crippen LogP contribution in [0.4, 0.5) is 0 Å². The van der Waals surface area contributed by atoms with Gasteiger partial charge in [-0.05, 0) is 48.0 Å². The van der Waals surface area contributed by atoms with Crippen LogP contribution in [0.2, 0.25) is 5.02 Å². The average molecular weight is 408 g/mol. The molecule has 2 aromatic carbocycles. The van der Waals surface area contributed by atoms with E-state index in [4.69, 9.17) is 21.3 Å². The van der Waals surface area contributed by atoms with Crippen molar-refractivity contribution in [2.24, 2.45) is 0 Å². The SMILES string of the molecule is N#Cc1cccc(CSc2nc3cc(Cl)ccc3c(=O)n2Cc2ccco2)c1. The molecular formula is C21H14ClN3O2S. The molecule has 2 heterocycles. The Kier molecular flexibility index (Phi) is 5.20. The van der Waals surface area contributed by atoms with E-state index in [0.717, 1.165) is 5.56 Å². The summed E-state index contributed by atoms with van der Waals surface area (Å²) >= 11 is 7.52. The van der Waals surface area contributed by atoms with Gasteiger partial charge >= 0.3 is 0 Å². The highest BCUT2D eigenvalue weighted by Gasteiger charge is 2.14. The molecule has 0 fully saturated rings. The van der Waals surface area contributed by atoms with E-state index < -0.39 is 0 Å². The third-order valence-electron chi connectivity index (χ3n) is 4.20. The van der Waals surface area contributed by atoms with Crippen LogP contribution in [-0.4, -0.2) is 9.55 Å². The molecule has 0 atom stereocenters. The molecule has 0 spiro atoms. The molecule has 0 aliphatic rings. The molecular weight excluding hydrogens is 394 g/mol. The van der Waals surface area contributed by atoms with Gasteiger partial charge in [0.15, 0.2) is 5.16 Å². The topological polar surface area (TPSA) is 71.8 Å². The predicted molar refractivity (Wildman–Crippen MR) is 110 cm³/mol. The number of nitrogens with zero attached hydrogens (tertiary/aromatic N) is 3. The van der Waals surface area contributed by atoms with Crippen molar-refractivity contribution in [1.82, 2.24) is 9.55 Å². The molecule has 0 aliphatic carbocycles. The highest BCUT2D eigenvalue weighted by atomic mass is 35.5. The molecule has 7 heteroatoms. The summed E-state index contributed by atoms with van der Waals surface area (Å²) in [4.78, 5) is 17.8. The van der Waals surface area contributed by atoms with Gasteiger partial charge in [-0.1, -0.05) is 35.5 Å². The van der Waals surface area contributed by atoms with Crippen molar-refractivity contribution in [3.63, 3.8) is 0 Å². The Morgan fingerprint density at radius 3 is 2.86 bits per heavy atom. The van der Waals surface area contributed by atoms with Crippen LogP contribution in [-0.2, 0) is 12.3 Å². The van der Waals surface area contributed by atoms with Crippen LogP contribution in [0.25, 0.3) is 10.9 Å². The second-order valence-corrected chi connectivity index (χ2v) is 7.51. The van der Waals surface area contributed by atoms with E-state index in [0.29, 0.717) is 38.2 Å². The molecule has 28 heavy (non-hydrogen) atoms. The number of aromatic nitrogens is 2. The first-order chi connectivity index (χ1) is 13.6. The molecule has 5 nitrogen and oxygen atoms in total. The van der Waals surface area contributed by atoms with Crippen LogP contribution in [0.3, 0.4) is 0 Å². The van der Waals surface area contributed by atoms with E-state index in [1.165, 1.54) is 11.8 Å². The Morgan fingerprint density at radius 1 is 1.18 bits per heavy atom. The molecule has 0 N–H and O–H groups in total. The smallest absolute Gasteiger partial charge is 0.262 e. The number of nitriles is 1. The van der Waals surface area contributed by atoms with Crippen molar-refractivity contribution in [2.75, 3.05) is 0 Å². The van der Waals surface area contributed by atoms with E-state index in [1.807, 2.05) is 24.3 Å². The minimum atomic E-state index is -0.147. The number of hydrogen-bond acceptors (Lipinski definition) is 5. The maximum atomic E-state index is 13.1. The summed E-state index contributed by atoms with van der Waals surface area (Å²) in [7, 11) is 0. The van der Waals surface area contributed by atoms with E-state index in [9.17, 15) is 4.79 Å². The van der Waals surface area contributed by atoms with Gasteiger partial charge in [-0.15, -0.1) is 0 Å². The fourth-order valence-corrected chi connectivity index (χ4v) is 3.97. The van der Waals surface area contributed by atoms with E-state index in [-0.39, 0.29) is 12.1 Å². The largest absolute Gasteiger partial charge is 0.467 e. The van der Waals surface area contributed by atoms with Crippen LogP contribution in [0.15, 0.2) is 75.2 Å². The van der Waals surface area contributed by atoms with Crippen molar-refractivity contribution in [1.29, 1.82) is 5.26 Å². The zero-order chi connectivity index (χ0) is 19.5. The molecule has 0 saturated heterocycles. The molecule has 4 rings (SSSR count). The monoisotopic (exact) mass is 407 g/mol. The van der Waals surface area contributed by atoms with Crippen molar-refractivity contribution in [2.45, 2.75) is 17.5 Å². The second kappa shape index (κ2) is 7.93. The Balaban J connectivity index is 1.75. The Morgan fingerprint density at radius 2 is 2.07 bits per heavy atom. The van der Waals surface area contributed by atoms with Crippen LogP contribution >= 0.6 is 23.4 Å². The van der Waals surface area contributed by atoms with Gasteiger partial charge < -0.3 is 4.42 Å². The third-order valence-corrected chi connectivity index (χ3v) is 5.48. The number of rotatable bonds is 5. The molecule has 0 amide bonds. The number of benzene rings is 2. The average Bonchev–Trinajstić information content (AvgIpc) is 3.22. The van der Waals surface area contributed by atoms with Gasteiger partial charge in [0.25, 0.3) is 5.56 Å². The van der Waals surface area contributed by atoms with Gasteiger partial charge in [0.1, 0.15) is 5.76 Å². The molecule has 2 aromatic heterocycles. The Labute approximate surface area is 170 Å². The first kappa shape index (κ1) is 18.4. The summed E-state index contributed by atoms with van der Waals surface area (Å²) in [6.45, 7) is 0.290. The van der Waals surface area contributed by atoms with Crippen LogP contribution < -0.4 is 5.56 Å². The Bertz CT molecular complexity index is 1240. The fourth-order valence-electron chi connectivity index (χ4n) is 2.86. The Hall–Kier alpha value is -3.01. The predicted octanol–water partition coefficient (Wildman–Crippen LogP) is 4.86. The first-order valence-electron chi connectivity index (χ1n) is 8.48. The van der Waals surface area contributed by atoms with E-state index >= 15 is 0 Å². The van der Waals surface area contributed by atoms with Crippen molar-refractivity contribution in [3.8, 4) is 6.07 Å². The standard InChI is InChI=1S/C21H14ClN3O2S/c22-16-6-7-18-19(10-16)24-21(25(20(18)26)12-17-5-2-8-27-17)28-13-15-4-1-3-14(9-15)11-23/h1-10H,12-13H2. The summed E-state index contributed by atoms with van der Waals surface area (Å²) < 4.78 is 7.02. The minimum Gasteiger partial charge on any atom is -0.467 e. The molecule has 0 saturated carbocycles. The summed E-state index contributed by atoms with van der Waals surface area (Å²) in [6.07, 6.45) is 1.58. The quantitative estimate of drug-likeness (QED) is 0.349. The van der Waals surface area contributed by atoms with Gasteiger partial charge in [0.2, 0.25) is 0 Å². The number of hydrogen-bond donors (Lipinski definition) is 0. The van der Waals surface area contributed by atoms with E-state index in [1.54, 1.807) is 41.2 Å². The van der Waals surface area contributed by atoms with Gasteiger partial charge in [-0.25, -0.2) is 4.98 Å². The maximum Gasteiger partial charge on any atom is 0.262 e. The second-order valence-electron chi connectivity index (χ2n) is 6.13. The molecule has 0 unspecified atom stereocenters. The molecule has 0 aliphatic heterocycles. The zero-order valence-corrected chi connectivity index (χ0v) is 16.2. The van der Waals surface area contributed by atoms with Crippen LogP contribution in [0.5, 0.6) is 0 Å². The molecule has 0 bridgehead atoms. The summed E-state index contributed by atoms with van der Waals surface area (Å²) in [6, 6.07) is 18.2. The number of fused-ring (bicyclic) bond motifs is 1. The lowest BCUT2D eigenvalue weighted by Gasteiger charge is -2.12. The normalized spacial score (nSPS) is 10.9. The van der Waals surface area contributed by atoms with Gasteiger partial charge in [-0.3, -0.25) is 9.36 Å². The number of furan rings is 1. The van der Waals surface area contributed by atoms with Gasteiger partial charge in [-0.2, -0.15) is 5.26 Å². The highest BCUT2D eigenvalue weighted by Crippen LogP contribution is 2.24. The van der Waals surface area contributed by atoms with Crippen LogP contribution in [0.1, 0.15) is 16.9 Å². The maximum absolute atomic E-state index is 13.1. The highest BCUT2D eigenvalue weighted by molar-refractivity contribution is 7.98. The lowest BCUT2D eigenvalue weighted by atomic mass is 10.2. The van der Waals surface area contributed by atoms with Crippen LogP contribution in [0, 0.1) is 11.3 Å².